The minimum absolute atomic E-state index is 0.728. The molecule has 0 aromatic carbocycles. The molecule has 1 aliphatic heterocycles. The van der Waals surface area contributed by atoms with Crippen molar-refractivity contribution >= 4 is 0 Å². The quantitative estimate of drug-likeness (QED) is 0.698. The van der Waals surface area contributed by atoms with Gasteiger partial charge in [-0.1, -0.05) is 25.0 Å². The molecule has 0 aliphatic carbocycles. The lowest BCUT2D eigenvalue weighted by atomic mass is 10.0. The van der Waals surface area contributed by atoms with Crippen molar-refractivity contribution in [3.63, 3.8) is 0 Å². The molecular weight excluding hydrogens is 196 g/mol. The fraction of sp³-hybridized carbons (Fsp3) is 0.857. The van der Waals surface area contributed by atoms with E-state index in [-0.39, 0.29) is 0 Å². The van der Waals surface area contributed by atoms with Gasteiger partial charge in [0.1, 0.15) is 0 Å². The van der Waals surface area contributed by atoms with Crippen molar-refractivity contribution in [2.45, 2.75) is 52.5 Å². The normalized spacial score (nSPS) is 21.1. The van der Waals surface area contributed by atoms with Gasteiger partial charge in [0.05, 0.1) is 0 Å². The number of nitrogens with zero attached hydrogens (tertiary/aromatic N) is 1. The van der Waals surface area contributed by atoms with E-state index in [1.807, 2.05) is 0 Å². The van der Waals surface area contributed by atoms with Crippen molar-refractivity contribution in [3.8, 4) is 0 Å². The van der Waals surface area contributed by atoms with Gasteiger partial charge in [0.25, 0.3) is 0 Å². The Balaban J connectivity index is 2.33. The maximum Gasteiger partial charge on any atom is 0.0195 e. The van der Waals surface area contributed by atoms with Crippen LogP contribution in [0.2, 0.25) is 0 Å². The van der Waals surface area contributed by atoms with Crippen LogP contribution < -0.4 is 5.32 Å². The molecule has 2 nitrogen and oxygen atoms in total. The Kier molecular flexibility index (Phi) is 6.74. The summed E-state index contributed by atoms with van der Waals surface area (Å²) in [4.78, 5) is 2.58. The zero-order valence-electron chi connectivity index (χ0n) is 11.3. The lowest BCUT2D eigenvalue weighted by Crippen LogP contribution is -2.44. The minimum Gasteiger partial charge on any atom is -0.313 e. The number of rotatable bonds is 6. The van der Waals surface area contributed by atoms with E-state index >= 15 is 0 Å². The Morgan fingerprint density at radius 2 is 2.19 bits per heavy atom. The van der Waals surface area contributed by atoms with Crippen LogP contribution in [0.15, 0.2) is 11.6 Å². The average molecular weight is 224 g/mol. The fourth-order valence-electron chi connectivity index (χ4n) is 2.28. The molecule has 0 amide bonds. The first-order valence-electron chi connectivity index (χ1n) is 6.81. The third-order valence-electron chi connectivity index (χ3n) is 3.19. The predicted molar refractivity (Wildman–Crippen MR) is 71.8 cm³/mol. The van der Waals surface area contributed by atoms with Gasteiger partial charge in [-0.25, -0.2) is 0 Å². The van der Waals surface area contributed by atoms with E-state index in [1.165, 1.54) is 50.9 Å². The molecule has 0 aromatic heterocycles. The van der Waals surface area contributed by atoms with Gasteiger partial charge < -0.3 is 5.32 Å². The molecule has 0 saturated carbocycles. The molecule has 0 spiro atoms. The van der Waals surface area contributed by atoms with E-state index < -0.39 is 0 Å². The summed E-state index contributed by atoms with van der Waals surface area (Å²) in [5.74, 6) is 0. The van der Waals surface area contributed by atoms with Crippen molar-refractivity contribution in [1.82, 2.24) is 10.2 Å². The highest BCUT2D eigenvalue weighted by molar-refractivity contribution is 4.95. The predicted octanol–water partition coefficient (Wildman–Crippen LogP) is 2.81. The molecule has 1 rings (SSSR count). The second kappa shape index (κ2) is 7.86. The van der Waals surface area contributed by atoms with Gasteiger partial charge in [-0.3, -0.25) is 4.90 Å². The molecule has 1 saturated heterocycles. The molecule has 1 heterocycles. The molecule has 1 atom stereocenters. The van der Waals surface area contributed by atoms with E-state index in [0.29, 0.717) is 0 Å². The molecule has 0 radical (unpaired) electrons. The first-order chi connectivity index (χ1) is 7.72. The zero-order chi connectivity index (χ0) is 11.8. The molecule has 0 aromatic rings. The van der Waals surface area contributed by atoms with Crippen LogP contribution in [0, 0.1) is 0 Å². The molecule has 1 unspecified atom stereocenters. The molecule has 1 fully saturated rings. The smallest absolute Gasteiger partial charge is 0.0195 e. The fourth-order valence-corrected chi connectivity index (χ4v) is 2.28. The van der Waals surface area contributed by atoms with E-state index in [9.17, 15) is 0 Å². The summed E-state index contributed by atoms with van der Waals surface area (Å²) in [6.45, 7) is 11.4. The van der Waals surface area contributed by atoms with Gasteiger partial charge in [0.15, 0.2) is 0 Å². The minimum atomic E-state index is 0.728. The number of piperidine rings is 1. The van der Waals surface area contributed by atoms with Crippen LogP contribution in [0.3, 0.4) is 0 Å². The molecule has 16 heavy (non-hydrogen) atoms. The summed E-state index contributed by atoms with van der Waals surface area (Å²) in [7, 11) is 0. The molecule has 1 N–H and O–H groups in total. The molecule has 0 bridgehead atoms. The molecule has 2 heteroatoms. The van der Waals surface area contributed by atoms with Crippen molar-refractivity contribution in [2.24, 2.45) is 0 Å². The van der Waals surface area contributed by atoms with Crippen LogP contribution in [-0.2, 0) is 0 Å². The Morgan fingerprint density at radius 1 is 1.38 bits per heavy atom. The van der Waals surface area contributed by atoms with Gasteiger partial charge in [0, 0.05) is 19.1 Å². The van der Waals surface area contributed by atoms with Crippen molar-refractivity contribution in [3.05, 3.63) is 11.6 Å². The van der Waals surface area contributed by atoms with Crippen LogP contribution in [0.1, 0.15) is 46.5 Å². The summed E-state index contributed by atoms with van der Waals surface area (Å²) in [5, 5.41) is 3.63. The molecule has 94 valence electrons. The highest BCUT2D eigenvalue weighted by Crippen LogP contribution is 2.09. The Hall–Kier alpha value is -0.340. The van der Waals surface area contributed by atoms with Crippen molar-refractivity contribution in [2.75, 3.05) is 26.2 Å². The lowest BCUT2D eigenvalue weighted by molar-refractivity contribution is 0.242. The summed E-state index contributed by atoms with van der Waals surface area (Å²) in [6.07, 6.45) is 7.72. The topological polar surface area (TPSA) is 15.3 Å². The maximum atomic E-state index is 3.63. The van der Waals surface area contributed by atoms with E-state index in [0.717, 1.165) is 12.6 Å². The standard InChI is InChI=1S/C14H28N2/c1-4-10-16(11-8-13(2)3)12-14-7-5-6-9-15-14/h8,14-15H,4-7,9-12H2,1-3H3. The van der Waals surface area contributed by atoms with Crippen molar-refractivity contribution in [1.29, 1.82) is 0 Å². The number of hydrogen-bond acceptors (Lipinski definition) is 2. The van der Waals surface area contributed by atoms with Crippen LogP contribution in [0.4, 0.5) is 0 Å². The zero-order valence-corrected chi connectivity index (χ0v) is 11.3. The summed E-state index contributed by atoms with van der Waals surface area (Å²) in [5.41, 5.74) is 1.43. The van der Waals surface area contributed by atoms with Crippen LogP contribution in [-0.4, -0.2) is 37.1 Å². The van der Waals surface area contributed by atoms with Gasteiger partial charge in [0.2, 0.25) is 0 Å². The summed E-state index contributed by atoms with van der Waals surface area (Å²) < 4.78 is 0. The Bertz CT molecular complexity index is 201. The third kappa shape index (κ3) is 5.66. The van der Waals surface area contributed by atoms with Crippen LogP contribution >= 0.6 is 0 Å². The summed E-state index contributed by atoms with van der Waals surface area (Å²) >= 11 is 0. The van der Waals surface area contributed by atoms with Gasteiger partial charge in [-0.05, 0) is 46.2 Å². The number of allylic oxidation sites excluding steroid dienone is 1. The maximum absolute atomic E-state index is 3.63. The first kappa shape index (κ1) is 13.7. The van der Waals surface area contributed by atoms with Crippen LogP contribution in [0.5, 0.6) is 0 Å². The largest absolute Gasteiger partial charge is 0.313 e. The van der Waals surface area contributed by atoms with Gasteiger partial charge in [-0.15, -0.1) is 0 Å². The number of hydrogen-bond donors (Lipinski definition) is 1. The van der Waals surface area contributed by atoms with Crippen LogP contribution in [0.25, 0.3) is 0 Å². The Morgan fingerprint density at radius 3 is 2.75 bits per heavy atom. The average Bonchev–Trinajstić information content (AvgIpc) is 2.27. The van der Waals surface area contributed by atoms with E-state index in [4.69, 9.17) is 0 Å². The highest BCUT2D eigenvalue weighted by atomic mass is 15.1. The first-order valence-corrected chi connectivity index (χ1v) is 6.81. The monoisotopic (exact) mass is 224 g/mol. The van der Waals surface area contributed by atoms with E-state index in [1.54, 1.807) is 0 Å². The van der Waals surface area contributed by atoms with Crippen molar-refractivity contribution < 1.29 is 0 Å². The molecule has 1 aliphatic rings. The number of nitrogens with one attached hydrogen (secondary N) is 1. The van der Waals surface area contributed by atoms with Gasteiger partial charge in [-0.2, -0.15) is 0 Å². The summed E-state index contributed by atoms with van der Waals surface area (Å²) in [6, 6.07) is 0.728. The van der Waals surface area contributed by atoms with Gasteiger partial charge >= 0.3 is 0 Å². The lowest BCUT2D eigenvalue weighted by Gasteiger charge is -2.29. The second-order valence-electron chi connectivity index (χ2n) is 5.19. The highest BCUT2D eigenvalue weighted by Gasteiger charge is 2.15. The SMILES string of the molecule is CCCN(CC=C(C)C)CC1CCCCN1. The third-order valence-corrected chi connectivity index (χ3v) is 3.19. The Labute approximate surface area is 101 Å². The van der Waals surface area contributed by atoms with E-state index in [2.05, 4.69) is 37.1 Å². The second-order valence-corrected chi connectivity index (χ2v) is 5.19. The molecular formula is C14H28N2.